The number of thiocarbonyl (C=S) groups is 1. The third-order valence-electron chi connectivity index (χ3n) is 4.96. The predicted octanol–water partition coefficient (Wildman–Crippen LogP) is 7.00. The van der Waals surface area contributed by atoms with E-state index in [1.165, 1.54) is 24.1 Å². The van der Waals surface area contributed by atoms with Crippen LogP contribution in [0.15, 0.2) is 36.6 Å². The maximum atomic E-state index is 14.8. The standard InChI is InChI=1S/C20H19F4N3OS.2C2H6/c1-4-6-13(2)27(19(12-28)9-5-10-19)18(29)26(3)15-8-7-14(11-25)16(17(15)21)20(22,23)24;2*1-2/h4,6-8,12H,1,5,9-10H2,2-3H3;2*1-2H3/b13-6+;;. The van der Waals surface area contributed by atoms with E-state index < -0.39 is 34.3 Å². The molecule has 182 valence electrons. The first kappa shape index (κ1) is 30.3. The van der Waals surface area contributed by atoms with E-state index in [9.17, 15) is 22.4 Å². The van der Waals surface area contributed by atoms with Gasteiger partial charge in [0.05, 0.1) is 17.3 Å². The lowest BCUT2D eigenvalue weighted by Gasteiger charge is -2.49. The first-order chi connectivity index (χ1) is 15.5. The Hall–Kier alpha value is -2.73. The summed E-state index contributed by atoms with van der Waals surface area (Å²) in [7, 11) is 1.32. The van der Waals surface area contributed by atoms with Gasteiger partial charge in [0.25, 0.3) is 0 Å². The van der Waals surface area contributed by atoms with E-state index in [0.29, 0.717) is 18.5 Å². The molecule has 33 heavy (non-hydrogen) atoms. The van der Waals surface area contributed by atoms with E-state index in [1.807, 2.05) is 27.7 Å². The third kappa shape index (κ3) is 6.41. The number of nitrogens with zero attached hydrogens (tertiary/aromatic N) is 3. The largest absolute Gasteiger partial charge is 0.420 e. The molecule has 1 aliphatic rings. The van der Waals surface area contributed by atoms with Crippen LogP contribution in [0.4, 0.5) is 23.2 Å². The molecule has 0 atom stereocenters. The molecule has 0 aromatic heterocycles. The Labute approximate surface area is 199 Å². The molecule has 0 spiro atoms. The van der Waals surface area contributed by atoms with Crippen LogP contribution < -0.4 is 4.90 Å². The molecule has 0 amide bonds. The molecule has 1 aromatic carbocycles. The number of hydrogen-bond donors (Lipinski definition) is 0. The molecule has 0 bridgehead atoms. The van der Waals surface area contributed by atoms with Gasteiger partial charge in [-0.25, -0.2) is 4.39 Å². The van der Waals surface area contributed by atoms with Crippen molar-refractivity contribution in [3.05, 3.63) is 53.5 Å². The molecule has 0 unspecified atom stereocenters. The van der Waals surface area contributed by atoms with Crippen molar-refractivity contribution >= 4 is 29.3 Å². The highest BCUT2D eigenvalue weighted by Crippen LogP contribution is 2.41. The summed E-state index contributed by atoms with van der Waals surface area (Å²) in [6.45, 7) is 13.3. The molecule has 1 fully saturated rings. The lowest BCUT2D eigenvalue weighted by molar-refractivity contribution is -0.140. The summed E-state index contributed by atoms with van der Waals surface area (Å²) in [5, 5.41) is 8.89. The monoisotopic (exact) mass is 485 g/mol. The SMILES string of the molecule is C=C/C=C(\C)N(C(=S)N(C)c1ccc(C#N)c(C(F)(F)F)c1F)C1(C=O)CCC1.CC.CC. The Morgan fingerprint density at radius 1 is 1.24 bits per heavy atom. The molecule has 1 aromatic rings. The second-order valence-electron chi connectivity index (χ2n) is 6.73. The van der Waals surface area contributed by atoms with E-state index >= 15 is 0 Å². The van der Waals surface area contributed by atoms with E-state index in [-0.39, 0.29) is 5.11 Å². The van der Waals surface area contributed by atoms with Crippen LogP contribution in [0.25, 0.3) is 0 Å². The number of carbonyl (C=O) groups excluding carboxylic acids is 1. The highest BCUT2D eigenvalue weighted by atomic mass is 32.1. The number of allylic oxidation sites excluding steroid dienone is 3. The second-order valence-corrected chi connectivity index (χ2v) is 7.09. The van der Waals surface area contributed by atoms with E-state index in [1.54, 1.807) is 13.0 Å². The van der Waals surface area contributed by atoms with Gasteiger partial charge in [0, 0.05) is 12.7 Å². The van der Waals surface area contributed by atoms with Gasteiger partial charge in [-0.2, -0.15) is 18.4 Å². The summed E-state index contributed by atoms with van der Waals surface area (Å²) in [6, 6.07) is 3.32. The van der Waals surface area contributed by atoms with E-state index in [2.05, 4.69) is 6.58 Å². The number of alkyl halides is 3. The molecule has 1 saturated carbocycles. The average Bonchev–Trinajstić information content (AvgIpc) is 2.76. The minimum absolute atomic E-state index is 0.0378. The summed E-state index contributed by atoms with van der Waals surface area (Å²) < 4.78 is 54.8. The fourth-order valence-corrected chi connectivity index (χ4v) is 3.74. The molecule has 1 aliphatic carbocycles. The number of anilines is 1. The number of aldehydes is 1. The van der Waals surface area contributed by atoms with Crippen LogP contribution in [0.2, 0.25) is 0 Å². The Bertz CT molecular complexity index is 916. The van der Waals surface area contributed by atoms with Crippen LogP contribution in [0, 0.1) is 17.1 Å². The Kier molecular flexibility index (Phi) is 12.0. The number of rotatable bonds is 5. The van der Waals surface area contributed by atoms with Crippen molar-refractivity contribution in [3.63, 3.8) is 0 Å². The number of benzene rings is 1. The average molecular weight is 486 g/mol. The highest BCUT2D eigenvalue weighted by molar-refractivity contribution is 7.80. The molecular formula is C24H31F4N3OS. The van der Waals surface area contributed by atoms with Crippen LogP contribution in [0.1, 0.15) is 65.0 Å². The van der Waals surface area contributed by atoms with Gasteiger partial charge in [-0.3, -0.25) is 0 Å². The summed E-state index contributed by atoms with van der Waals surface area (Å²) in [4.78, 5) is 14.4. The van der Waals surface area contributed by atoms with Gasteiger partial charge in [-0.15, -0.1) is 0 Å². The van der Waals surface area contributed by atoms with E-state index in [4.69, 9.17) is 17.5 Å². The normalized spacial score (nSPS) is 14.2. The molecule has 9 heteroatoms. The van der Waals surface area contributed by atoms with Gasteiger partial charge in [-0.05, 0) is 56.6 Å². The van der Waals surface area contributed by atoms with Gasteiger partial charge in [0.2, 0.25) is 0 Å². The van der Waals surface area contributed by atoms with Gasteiger partial charge in [0.1, 0.15) is 17.4 Å². The minimum atomic E-state index is -5.05. The second kappa shape index (κ2) is 13.1. The zero-order valence-electron chi connectivity index (χ0n) is 19.9. The van der Waals surface area contributed by atoms with Gasteiger partial charge < -0.3 is 14.6 Å². The first-order valence-electron chi connectivity index (χ1n) is 10.7. The zero-order chi connectivity index (χ0) is 26.0. The molecule has 0 radical (unpaired) electrons. The quantitative estimate of drug-likeness (QED) is 0.194. The molecule has 4 nitrogen and oxygen atoms in total. The number of halogens is 4. The lowest BCUT2D eigenvalue weighted by Crippen LogP contribution is -2.59. The van der Waals surface area contributed by atoms with Crippen molar-refractivity contribution in [2.75, 3.05) is 11.9 Å². The van der Waals surface area contributed by atoms with Crippen LogP contribution >= 0.6 is 12.2 Å². The molecular weight excluding hydrogens is 454 g/mol. The number of nitriles is 1. The lowest BCUT2D eigenvalue weighted by atomic mass is 9.76. The van der Waals surface area contributed by atoms with Crippen molar-refractivity contribution in [1.29, 1.82) is 5.26 Å². The van der Waals surface area contributed by atoms with Crippen LogP contribution in [-0.4, -0.2) is 28.9 Å². The number of carbonyl (C=O) groups is 1. The van der Waals surface area contributed by atoms with Crippen molar-refractivity contribution in [2.45, 2.75) is 65.6 Å². The van der Waals surface area contributed by atoms with E-state index in [0.717, 1.165) is 29.7 Å². The Morgan fingerprint density at radius 2 is 1.79 bits per heavy atom. The fourth-order valence-electron chi connectivity index (χ4n) is 3.32. The van der Waals surface area contributed by atoms with Gasteiger partial charge >= 0.3 is 6.18 Å². The van der Waals surface area contributed by atoms with Crippen LogP contribution in [0.3, 0.4) is 0 Å². The molecule has 0 N–H and O–H groups in total. The highest BCUT2D eigenvalue weighted by Gasteiger charge is 2.46. The minimum Gasteiger partial charge on any atom is -0.319 e. The molecule has 2 rings (SSSR count). The van der Waals surface area contributed by atoms with Crippen molar-refractivity contribution in [2.24, 2.45) is 0 Å². The molecule has 0 aliphatic heterocycles. The smallest absolute Gasteiger partial charge is 0.319 e. The maximum Gasteiger partial charge on any atom is 0.420 e. The fraction of sp³-hybridized carbons (Fsp3) is 0.458. The summed E-state index contributed by atoms with van der Waals surface area (Å²) >= 11 is 5.45. The maximum absolute atomic E-state index is 14.8. The summed E-state index contributed by atoms with van der Waals surface area (Å²) in [5.41, 5.74) is -3.30. The van der Waals surface area contributed by atoms with Gasteiger partial charge in [-0.1, -0.05) is 40.3 Å². The van der Waals surface area contributed by atoms with Crippen molar-refractivity contribution in [3.8, 4) is 6.07 Å². The zero-order valence-corrected chi connectivity index (χ0v) is 20.7. The number of hydrogen-bond acceptors (Lipinski definition) is 3. The van der Waals surface area contributed by atoms with Gasteiger partial charge in [0.15, 0.2) is 10.9 Å². The Morgan fingerprint density at radius 3 is 2.15 bits per heavy atom. The summed E-state index contributed by atoms with van der Waals surface area (Å²) in [6.07, 6.45) is 0.614. The van der Waals surface area contributed by atoms with Crippen LogP contribution in [-0.2, 0) is 11.0 Å². The topological polar surface area (TPSA) is 47.3 Å². The van der Waals surface area contributed by atoms with Crippen LogP contribution in [0.5, 0.6) is 0 Å². The Balaban J connectivity index is 0.00000242. The predicted molar refractivity (Wildman–Crippen MR) is 128 cm³/mol. The van der Waals surface area contributed by atoms with Crippen molar-refractivity contribution in [1.82, 2.24) is 4.90 Å². The first-order valence-corrected chi connectivity index (χ1v) is 11.1. The molecule has 0 heterocycles. The summed E-state index contributed by atoms with van der Waals surface area (Å²) in [5.74, 6) is -1.60. The third-order valence-corrected chi connectivity index (χ3v) is 5.42. The van der Waals surface area contributed by atoms with Crippen molar-refractivity contribution < 1.29 is 22.4 Å². The molecule has 0 saturated heterocycles.